The van der Waals surface area contributed by atoms with E-state index < -0.39 is 0 Å². The van der Waals surface area contributed by atoms with E-state index in [1.807, 2.05) is 11.8 Å². The lowest BCUT2D eigenvalue weighted by molar-refractivity contribution is -0.118. The van der Waals surface area contributed by atoms with Crippen molar-refractivity contribution in [1.82, 2.24) is 10.6 Å². The number of carbonyl (C=O) groups is 1. The molecule has 4 heteroatoms. The smallest absolute Gasteiger partial charge is 0.216 e. The van der Waals surface area contributed by atoms with E-state index in [2.05, 4.69) is 16.9 Å². The van der Waals surface area contributed by atoms with Gasteiger partial charge in [-0.05, 0) is 19.1 Å². The minimum Gasteiger partial charge on any atom is -0.355 e. The lowest BCUT2D eigenvalue weighted by Gasteiger charge is -2.36. The molecule has 1 saturated carbocycles. The van der Waals surface area contributed by atoms with Crippen LogP contribution in [-0.4, -0.2) is 36.5 Å². The summed E-state index contributed by atoms with van der Waals surface area (Å²) in [5, 5.41) is 6.27. The molecule has 0 bridgehead atoms. The third-order valence-corrected chi connectivity index (χ3v) is 4.74. The van der Waals surface area contributed by atoms with Crippen LogP contribution in [0.5, 0.6) is 0 Å². The van der Waals surface area contributed by atoms with Crippen LogP contribution in [0.25, 0.3) is 0 Å². The van der Waals surface area contributed by atoms with Gasteiger partial charge in [0.2, 0.25) is 5.91 Å². The first-order chi connectivity index (χ1) is 7.68. The van der Waals surface area contributed by atoms with Gasteiger partial charge in [0.25, 0.3) is 0 Å². The third kappa shape index (κ3) is 4.74. The first kappa shape index (κ1) is 13.8. The molecule has 0 saturated heterocycles. The van der Waals surface area contributed by atoms with Gasteiger partial charge in [-0.15, -0.1) is 0 Å². The normalized spacial score (nSPS) is 19.4. The number of hydrogen-bond acceptors (Lipinski definition) is 3. The molecule has 0 aromatic carbocycles. The van der Waals surface area contributed by atoms with Gasteiger partial charge >= 0.3 is 0 Å². The Labute approximate surface area is 103 Å². The Morgan fingerprint density at radius 1 is 1.25 bits per heavy atom. The highest BCUT2D eigenvalue weighted by molar-refractivity contribution is 8.00. The summed E-state index contributed by atoms with van der Waals surface area (Å²) in [5.74, 6) is 0.0547. The van der Waals surface area contributed by atoms with Crippen LogP contribution >= 0.6 is 11.8 Å². The SMILES string of the molecule is CSC1(CNCCNC(C)=O)CCCCC1. The molecule has 0 unspecified atom stereocenters. The average molecular weight is 244 g/mol. The lowest BCUT2D eigenvalue weighted by atomic mass is 9.88. The van der Waals surface area contributed by atoms with Gasteiger partial charge in [0.1, 0.15) is 0 Å². The molecular formula is C12H24N2OS. The Morgan fingerprint density at radius 3 is 2.50 bits per heavy atom. The van der Waals surface area contributed by atoms with E-state index in [0.717, 1.165) is 19.6 Å². The van der Waals surface area contributed by atoms with Crippen LogP contribution in [0.2, 0.25) is 0 Å². The van der Waals surface area contributed by atoms with Crippen LogP contribution in [-0.2, 0) is 4.79 Å². The zero-order valence-electron chi connectivity index (χ0n) is 10.5. The van der Waals surface area contributed by atoms with Crippen LogP contribution in [0.15, 0.2) is 0 Å². The zero-order chi connectivity index (χ0) is 11.9. The highest BCUT2D eigenvalue weighted by atomic mass is 32.2. The second kappa shape index (κ2) is 7.17. The molecular weight excluding hydrogens is 220 g/mol. The first-order valence-corrected chi connectivity index (χ1v) is 7.41. The molecule has 0 atom stereocenters. The maximum atomic E-state index is 10.7. The molecule has 1 rings (SSSR count). The topological polar surface area (TPSA) is 41.1 Å². The van der Waals surface area contributed by atoms with Crippen molar-refractivity contribution in [3.8, 4) is 0 Å². The summed E-state index contributed by atoms with van der Waals surface area (Å²) in [6, 6.07) is 0. The van der Waals surface area contributed by atoms with Gasteiger partial charge in [-0.3, -0.25) is 4.79 Å². The predicted octanol–water partition coefficient (Wildman–Crippen LogP) is 1.78. The largest absolute Gasteiger partial charge is 0.355 e. The molecule has 0 aromatic heterocycles. The number of carbonyl (C=O) groups excluding carboxylic acids is 1. The molecule has 3 nitrogen and oxygen atoms in total. The van der Waals surface area contributed by atoms with Crippen molar-refractivity contribution in [2.75, 3.05) is 25.9 Å². The molecule has 2 N–H and O–H groups in total. The lowest BCUT2D eigenvalue weighted by Crippen LogP contribution is -2.41. The van der Waals surface area contributed by atoms with E-state index >= 15 is 0 Å². The maximum Gasteiger partial charge on any atom is 0.216 e. The van der Waals surface area contributed by atoms with Gasteiger partial charge in [-0.25, -0.2) is 0 Å². The minimum absolute atomic E-state index is 0.0547. The van der Waals surface area contributed by atoms with E-state index in [-0.39, 0.29) is 5.91 Å². The van der Waals surface area contributed by atoms with Crippen LogP contribution in [0.3, 0.4) is 0 Å². The summed E-state index contributed by atoms with van der Waals surface area (Å²) >= 11 is 2.01. The Balaban J connectivity index is 2.15. The fourth-order valence-electron chi connectivity index (χ4n) is 2.29. The maximum absolute atomic E-state index is 10.7. The predicted molar refractivity (Wildman–Crippen MR) is 70.9 cm³/mol. The number of hydrogen-bond donors (Lipinski definition) is 2. The Morgan fingerprint density at radius 2 is 1.94 bits per heavy atom. The second-order valence-electron chi connectivity index (χ2n) is 4.61. The summed E-state index contributed by atoms with van der Waals surface area (Å²) in [5.41, 5.74) is 0. The molecule has 0 aromatic rings. The molecule has 1 amide bonds. The van der Waals surface area contributed by atoms with Crippen molar-refractivity contribution in [2.45, 2.75) is 43.8 Å². The minimum atomic E-state index is 0.0547. The van der Waals surface area contributed by atoms with Gasteiger partial charge in [0.05, 0.1) is 0 Å². The zero-order valence-corrected chi connectivity index (χ0v) is 11.3. The van der Waals surface area contributed by atoms with Crippen molar-refractivity contribution in [2.24, 2.45) is 0 Å². The second-order valence-corrected chi connectivity index (χ2v) is 5.88. The van der Waals surface area contributed by atoms with Crippen molar-refractivity contribution < 1.29 is 4.79 Å². The van der Waals surface area contributed by atoms with Crippen molar-refractivity contribution in [3.05, 3.63) is 0 Å². The highest BCUT2D eigenvalue weighted by Crippen LogP contribution is 2.37. The summed E-state index contributed by atoms with van der Waals surface area (Å²) in [6.45, 7) is 4.25. The van der Waals surface area contributed by atoms with Gasteiger partial charge in [0.15, 0.2) is 0 Å². The van der Waals surface area contributed by atoms with Crippen LogP contribution in [0, 0.1) is 0 Å². The molecule has 1 fully saturated rings. The Kier molecular flexibility index (Phi) is 6.21. The quantitative estimate of drug-likeness (QED) is 0.700. The molecule has 0 aliphatic heterocycles. The van der Waals surface area contributed by atoms with Crippen molar-refractivity contribution in [1.29, 1.82) is 0 Å². The van der Waals surface area contributed by atoms with Crippen LogP contribution < -0.4 is 10.6 Å². The number of amides is 1. The van der Waals surface area contributed by atoms with Crippen molar-refractivity contribution in [3.63, 3.8) is 0 Å². The van der Waals surface area contributed by atoms with Crippen LogP contribution in [0.1, 0.15) is 39.0 Å². The summed E-state index contributed by atoms with van der Waals surface area (Å²) in [6.07, 6.45) is 9.03. The molecule has 94 valence electrons. The standard InChI is InChI=1S/C12H24N2OS/c1-11(15)14-9-8-13-10-12(16-2)6-4-3-5-7-12/h13H,3-10H2,1-2H3,(H,14,15). The van der Waals surface area contributed by atoms with E-state index in [9.17, 15) is 4.79 Å². The number of thioether (sulfide) groups is 1. The number of nitrogens with one attached hydrogen (secondary N) is 2. The van der Waals surface area contributed by atoms with Gasteiger partial charge in [-0.1, -0.05) is 19.3 Å². The summed E-state index contributed by atoms with van der Waals surface area (Å²) < 4.78 is 0.453. The summed E-state index contributed by atoms with van der Waals surface area (Å²) in [7, 11) is 0. The van der Waals surface area contributed by atoms with E-state index in [1.54, 1.807) is 6.92 Å². The van der Waals surface area contributed by atoms with E-state index in [1.165, 1.54) is 32.1 Å². The summed E-state index contributed by atoms with van der Waals surface area (Å²) in [4.78, 5) is 10.7. The number of rotatable bonds is 6. The molecule has 0 spiro atoms. The van der Waals surface area contributed by atoms with Gasteiger partial charge in [-0.2, -0.15) is 11.8 Å². The Bertz CT molecular complexity index is 215. The van der Waals surface area contributed by atoms with Gasteiger partial charge in [0, 0.05) is 31.3 Å². The Hall–Kier alpha value is -0.220. The molecule has 1 aliphatic rings. The first-order valence-electron chi connectivity index (χ1n) is 6.19. The monoisotopic (exact) mass is 244 g/mol. The van der Waals surface area contributed by atoms with E-state index in [4.69, 9.17) is 0 Å². The third-order valence-electron chi connectivity index (χ3n) is 3.32. The van der Waals surface area contributed by atoms with Gasteiger partial charge < -0.3 is 10.6 Å². The fraction of sp³-hybridized carbons (Fsp3) is 0.917. The molecule has 16 heavy (non-hydrogen) atoms. The molecule has 0 radical (unpaired) electrons. The fourth-order valence-corrected chi connectivity index (χ4v) is 3.24. The molecule has 1 aliphatic carbocycles. The molecule has 0 heterocycles. The average Bonchev–Trinajstić information content (AvgIpc) is 2.29. The van der Waals surface area contributed by atoms with Crippen molar-refractivity contribution >= 4 is 17.7 Å². The van der Waals surface area contributed by atoms with Crippen LogP contribution in [0.4, 0.5) is 0 Å². The highest BCUT2D eigenvalue weighted by Gasteiger charge is 2.30. The van der Waals surface area contributed by atoms with E-state index in [0.29, 0.717) is 4.75 Å².